The summed E-state index contributed by atoms with van der Waals surface area (Å²) in [6.07, 6.45) is 1.84. The van der Waals surface area contributed by atoms with Crippen LogP contribution in [0.5, 0.6) is 5.75 Å². The Hall–Kier alpha value is -1.13. The molecule has 19 heavy (non-hydrogen) atoms. The van der Waals surface area contributed by atoms with Crippen LogP contribution in [0.25, 0.3) is 0 Å². The molecular weight excluding hydrogens is 243 g/mol. The third kappa shape index (κ3) is 4.48. The minimum atomic E-state index is -0.331. The molecule has 0 fully saturated rings. The first-order valence-corrected chi connectivity index (χ1v) is 6.94. The first-order chi connectivity index (χ1) is 9.13. The fourth-order valence-electron chi connectivity index (χ4n) is 2.27. The maximum absolute atomic E-state index is 13.9. The van der Waals surface area contributed by atoms with Crippen molar-refractivity contribution in [3.63, 3.8) is 0 Å². The molecule has 0 radical (unpaired) electrons. The summed E-state index contributed by atoms with van der Waals surface area (Å²) >= 11 is 0. The first kappa shape index (κ1) is 15.9. The maximum atomic E-state index is 13.9. The largest absolute Gasteiger partial charge is 0.496 e. The minimum Gasteiger partial charge on any atom is -0.496 e. The number of nitrogens with zero attached hydrogens (tertiary/aromatic N) is 1. The smallest absolute Gasteiger partial charge is 0.131 e. The van der Waals surface area contributed by atoms with Crippen LogP contribution in [0, 0.1) is 5.82 Å². The van der Waals surface area contributed by atoms with Crippen molar-refractivity contribution >= 4 is 0 Å². The van der Waals surface area contributed by atoms with Crippen molar-refractivity contribution in [2.24, 2.45) is 5.73 Å². The Morgan fingerprint density at radius 3 is 2.63 bits per heavy atom. The van der Waals surface area contributed by atoms with Crippen LogP contribution in [-0.2, 0) is 0 Å². The average Bonchev–Trinajstić information content (AvgIpc) is 2.42. The molecule has 0 saturated heterocycles. The number of ether oxygens (including phenoxy) is 1. The van der Waals surface area contributed by atoms with Gasteiger partial charge in [0.1, 0.15) is 11.6 Å². The highest BCUT2D eigenvalue weighted by atomic mass is 19.1. The van der Waals surface area contributed by atoms with Crippen molar-refractivity contribution < 1.29 is 9.13 Å². The van der Waals surface area contributed by atoms with Gasteiger partial charge in [-0.2, -0.15) is 0 Å². The Morgan fingerprint density at radius 2 is 2.05 bits per heavy atom. The number of hydrogen-bond donors (Lipinski definition) is 1. The maximum Gasteiger partial charge on any atom is 0.131 e. The molecule has 0 aliphatic heterocycles. The van der Waals surface area contributed by atoms with E-state index >= 15 is 0 Å². The lowest BCUT2D eigenvalue weighted by Gasteiger charge is -2.22. The summed E-state index contributed by atoms with van der Waals surface area (Å²) < 4.78 is 19.1. The predicted molar refractivity (Wildman–Crippen MR) is 76.9 cm³/mol. The SMILES string of the molecule is CCCN(CC)CCC(N)c1c(F)cccc1OC. The molecule has 2 N–H and O–H groups in total. The molecule has 1 unspecified atom stereocenters. The highest BCUT2D eigenvalue weighted by Crippen LogP contribution is 2.28. The molecule has 4 heteroatoms. The van der Waals surface area contributed by atoms with Crippen LogP contribution in [-0.4, -0.2) is 31.6 Å². The van der Waals surface area contributed by atoms with Gasteiger partial charge in [0, 0.05) is 11.6 Å². The molecule has 108 valence electrons. The van der Waals surface area contributed by atoms with Crippen molar-refractivity contribution in [1.82, 2.24) is 4.90 Å². The fraction of sp³-hybridized carbons (Fsp3) is 0.600. The van der Waals surface area contributed by atoms with Gasteiger partial charge in [0.25, 0.3) is 0 Å². The zero-order chi connectivity index (χ0) is 14.3. The number of benzene rings is 1. The van der Waals surface area contributed by atoms with E-state index in [1.165, 1.54) is 6.07 Å². The van der Waals surface area contributed by atoms with E-state index in [0.29, 0.717) is 11.3 Å². The predicted octanol–water partition coefficient (Wildman–Crippen LogP) is 2.96. The summed E-state index contributed by atoms with van der Waals surface area (Å²) in [4.78, 5) is 2.33. The molecule has 0 amide bonds. The van der Waals surface area contributed by atoms with Crippen molar-refractivity contribution in [1.29, 1.82) is 0 Å². The zero-order valence-corrected chi connectivity index (χ0v) is 12.2. The van der Waals surface area contributed by atoms with E-state index in [1.54, 1.807) is 19.2 Å². The second kappa shape index (κ2) is 8.12. The Balaban J connectivity index is 2.70. The van der Waals surface area contributed by atoms with E-state index in [4.69, 9.17) is 10.5 Å². The van der Waals surface area contributed by atoms with E-state index in [1.807, 2.05) is 0 Å². The molecule has 1 aromatic rings. The van der Waals surface area contributed by atoms with E-state index in [9.17, 15) is 4.39 Å². The Kier molecular flexibility index (Phi) is 6.81. The van der Waals surface area contributed by atoms with Crippen LogP contribution in [0.1, 0.15) is 38.3 Å². The lowest BCUT2D eigenvalue weighted by Crippen LogP contribution is -2.28. The van der Waals surface area contributed by atoms with Gasteiger partial charge in [-0.3, -0.25) is 0 Å². The molecule has 0 aliphatic rings. The van der Waals surface area contributed by atoms with E-state index < -0.39 is 0 Å². The summed E-state index contributed by atoms with van der Waals surface area (Å²) in [5, 5.41) is 0. The van der Waals surface area contributed by atoms with Crippen LogP contribution in [0.15, 0.2) is 18.2 Å². The quantitative estimate of drug-likeness (QED) is 0.788. The lowest BCUT2D eigenvalue weighted by atomic mass is 10.0. The van der Waals surface area contributed by atoms with E-state index in [-0.39, 0.29) is 11.9 Å². The normalized spacial score (nSPS) is 12.7. The highest BCUT2D eigenvalue weighted by Gasteiger charge is 2.17. The number of hydrogen-bond acceptors (Lipinski definition) is 3. The summed E-state index contributed by atoms with van der Waals surface area (Å²) in [5.41, 5.74) is 6.61. The fourth-order valence-corrected chi connectivity index (χ4v) is 2.27. The molecule has 0 bridgehead atoms. The van der Waals surface area contributed by atoms with Crippen molar-refractivity contribution in [3.05, 3.63) is 29.6 Å². The second-order valence-electron chi connectivity index (χ2n) is 4.69. The minimum absolute atomic E-state index is 0.287. The first-order valence-electron chi connectivity index (χ1n) is 6.94. The van der Waals surface area contributed by atoms with Gasteiger partial charge in [-0.15, -0.1) is 0 Å². The van der Waals surface area contributed by atoms with Crippen LogP contribution in [0.2, 0.25) is 0 Å². The molecule has 1 atom stereocenters. The van der Waals surface area contributed by atoms with Crippen LogP contribution >= 0.6 is 0 Å². The Morgan fingerprint density at radius 1 is 1.32 bits per heavy atom. The molecule has 0 aliphatic carbocycles. The number of methoxy groups -OCH3 is 1. The zero-order valence-electron chi connectivity index (χ0n) is 12.2. The second-order valence-corrected chi connectivity index (χ2v) is 4.69. The molecule has 3 nitrogen and oxygen atoms in total. The topological polar surface area (TPSA) is 38.5 Å². The molecular formula is C15H25FN2O. The van der Waals surface area contributed by atoms with Crippen LogP contribution in [0.4, 0.5) is 4.39 Å². The van der Waals surface area contributed by atoms with Gasteiger partial charge in [-0.05, 0) is 44.6 Å². The molecule has 0 heterocycles. The van der Waals surface area contributed by atoms with Gasteiger partial charge in [0.15, 0.2) is 0 Å². The van der Waals surface area contributed by atoms with E-state index in [0.717, 1.165) is 32.5 Å². The molecule has 0 saturated carbocycles. The summed E-state index contributed by atoms with van der Waals surface area (Å²) in [6, 6.07) is 4.49. The Bertz CT molecular complexity index is 384. The van der Waals surface area contributed by atoms with Gasteiger partial charge in [-0.25, -0.2) is 4.39 Å². The van der Waals surface area contributed by atoms with Gasteiger partial charge in [0.2, 0.25) is 0 Å². The van der Waals surface area contributed by atoms with Gasteiger partial charge in [-0.1, -0.05) is 19.9 Å². The van der Waals surface area contributed by atoms with Gasteiger partial charge < -0.3 is 15.4 Å². The highest BCUT2D eigenvalue weighted by molar-refractivity contribution is 5.37. The van der Waals surface area contributed by atoms with Crippen LogP contribution in [0.3, 0.4) is 0 Å². The lowest BCUT2D eigenvalue weighted by molar-refractivity contribution is 0.275. The molecule has 1 rings (SSSR count). The number of halogens is 1. The van der Waals surface area contributed by atoms with Crippen LogP contribution < -0.4 is 10.5 Å². The molecule has 1 aromatic carbocycles. The van der Waals surface area contributed by atoms with Crippen molar-refractivity contribution in [2.75, 3.05) is 26.7 Å². The summed E-state index contributed by atoms with van der Waals surface area (Å²) in [5.74, 6) is 0.247. The average molecular weight is 268 g/mol. The summed E-state index contributed by atoms with van der Waals surface area (Å²) in [6.45, 7) is 7.21. The van der Waals surface area contributed by atoms with Gasteiger partial charge in [0.05, 0.1) is 7.11 Å². The Labute approximate surface area is 115 Å². The standard InChI is InChI=1S/C15H25FN2O/c1-4-10-18(5-2)11-9-13(17)15-12(16)7-6-8-14(15)19-3/h6-8,13H,4-5,9-11,17H2,1-3H3. The van der Waals surface area contributed by atoms with Gasteiger partial charge >= 0.3 is 0 Å². The third-order valence-corrected chi connectivity index (χ3v) is 3.35. The van der Waals surface area contributed by atoms with Crippen molar-refractivity contribution in [3.8, 4) is 5.75 Å². The summed E-state index contributed by atoms with van der Waals surface area (Å²) in [7, 11) is 1.54. The molecule has 0 aromatic heterocycles. The van der Waals surface area contributed by atoms with Crippen molar-refractivity contribution in [2.45, 2.75) is 32.7 Å². The number of nitrogens with two attached hydrogens (primary N) is 1. The molecule has 0 spiro atoms. The number of rotatable bonds is 8. The van der Waals surface area contributed by atoms with E-state index in [2.05, 4.69) is 18.7 Å². The third-order valence-electron chi connectivity index (χ3n) is 3.35. The monoisotopic (exact) mass is 268 g/mol.